The SMILES string of the molecule is COc1ccccc1-c1c(-c2ccc(S(C)(=O)=O)cc2)[nH]c2nc(N)[nH]c(=O)c12. The minimum atomic E-state index is -3.33. The molecule has 148 valence electrons. The second-order valence-corrected chi connectivity index (χ2v) is 8.56. The molecular weight excluding hydrogens is 392 g/mol. The van der Waals surface area contributed by atoms with Crippen molar-refractivity contribution in [2.45, 2.75) is 4.90 Å². The Labute approximate surface area is 166 Å². The van der Waals surface area contributed by atoms with Gasteiger partial charge < -0.3 is 15.5 Å². The number of hydrogen-bond donors (Lipinski definition) is 3. The van der Waals surface area contributed by atoms with Gasteiger partial charge in [-0.1, -0.05) is 30.3 Å². The number of H-pyrrole nitrogens is 2. The highest BCUT2D eigenvalue weighted by molar-refractivity contribution is 7.90. The summed E-state index contributed by atoms with van der Waals surface area (Å²) < 4.78 is 29.0. The van der Waals surface area contributed by atoms with Crippen molar-refractivity contribution in [1.29, 1.82) is 0 Å². The molecule has 4 rings (SSSR count). The molecule has 2 heterocycles. The Morgan fingerprint density at radius 2 is 1.72 bits per heavy atom. The Morgan fingerprint density at radius 3 is 2.38 bits per heavy atom. The zero-order valence-corrected chi connectivity index (χ0v) is 16.5. The highest BCUT2D eigenvalue weighted by atomic mass is 32.2. The molecule has 2 aromatic carbocycles. The van der Waals surface area contributed by atoms with E-state index in [9.17, 15) is 13.2 Å². The van der Waals surface area contributed by atoms with Gasteiger partial charge in [0.15, 0.2) is 9.84 Å². The van der Waals surface area contributed by atoms with E-state index in [0.717, 1.165) is 6.26 Å². The molecule has 8 nitrogen and oxygen atoms in total. The molecule has 29 heavy (non-hydrogen) atoms. The zero-order chi connectivity index (χ0) is 20.8. The quantitative estimate of drug-likeness (QED) is 0.474. The Hall–Kier alpha value is -3.59. The third-order valence-corrected chi connectivity index (χ3v) is 5.76. The lowest BCUT2D eigenvalue weighted by Gasteiger charge is -2.10. The van der Waals surface area contributed by atoms with Gasteiger partial charge in [-0.2, -0.15) is 4.98 Å². The number of benzene rings is 2. The van der Waals surface area contributed by atoms with Crippen molar-refractivity contribution in [2.75, 3.05) is 19.1 Å². The Kier molecular flexibility index (Phi) is 4.39. The van der Waals surface area contributed by atoms with Crippen LogP contribution in [0.15, 0.2) is 58.2 Å². The monoisotopic (exact) mass is 410 g/mol. The lowest BCUT2D eigenvalue weighted by atomic mass is 9.98. The maximum atomic E-state index is 12.7. The summed E-state index contributed by atoms with van der Waals surface area (Å²) in [6.07, 6.45) is 1.15. The Balaban J connectivity index is 2.07. The number of methoxy groups -OCH3 is 1. The van der Waals surface area contributed by atoms with E-state index in [1.807, 2.05) is 18.2 Å². The summed E-state index contributed by atoms with van der Waals surface area (Å²) >= 11 is 0. The van der Waals surface area contributed by atoms with Crippen LogP contribution in [0.25, 0.3) is 33.4 Å². The van der Waals surface area contributed by atoms with Crippen LogP contribution in [-0.4, -0.2) is 36.7 Å². The van der Waals surface area contributed by atoms with E-state index in [1.54, 1.807) is 25.3 Å². The molecular formula is C20H18N4O4S. The van der Waals surface area contributed by atoms with Gasteiger partial charge in [-0.25, -0.2) is 8.42 Å². The van der Waals surface area contributed by atoms with E-state index < -0.39 is 9.84 Å². The van der Waals surface area contributed by atoms with E-state index >= 15 is 0 Å². The fourth-order valence-corrected chi connectivity index (χ4v) is 3.96. The minimum absolute atomic E-state index is 0.00528. The van der Waals surface area contributed by atoms with Crippen LogP contribution in [-0.2, 0) is 9.84 Å². The maximum Gasteiger partial charge on any atom is 0.262 e. The van der Waals surface area contributed by atoms with Gasteiger partial charge in [0.05, 0.1) is 23.1 Å². The van der Waals surface area contributed by atoms with Gasteiger partial charge in [0.2, 0.25) is 5.95 Å². The van der Waals surface area contributed by atoms with Gasteiger partial charge in [-0.3, -0.25) is 9.78 Å². The smallest absolute Gasteiger partial charge is 0.262 e. The van der Waals surface area contributed by atoms with Crippen molar-refractivity contribution in [3.05, 3.63) is 58.9 Å². The zero-order valence-electron chi connectivity index (χ0n) is 15.7. The summed E-state index contributed by atoms with van der Waals surface area (Å²) in [5, 5.41) is 0.339. The number of nitrogens with one attached hydrogen (secondary N) is 2. The summed E-state index contributed by atoms with van der Waals surface area (Å²) in [6, 6.07) is 13.7. The maximum absolute atomic E-state index is 12.7. The van der Waals surface area contributed by atoms with E-state index in [2.05, 4.69) is 15.0 Å². The number of anilines is 1. The van der Waals surface area contributed by atoms with Crippen molar-refractivity contribution in [1.82, 2.24) is 15.0 Å². The van der Waals surface area contributed by atoms with Gasteiger partial charge in [0.25, 0.3) is 5.56 Å². The van der Waals surface area contributed by atoms with Crippen LogP contribution in [0.3, 0.4) is 0 Å². The number of rotatable bonds is 4. The molecule has 0 atom stereocenters. The summed E-state index contributed by atoms with van der Waals surface area (Å²) in [7, 11) is -1.78. The number of aromatic amines is 2. The van der Waals surface area contributed by atoms with Crippen molar-refractivity contribution in [3.8, 4) is 28.1 Å². The topological polar surface area (TPSA) is 131 Å². The molecule has 0 saturated carbocycles. The Morgan fingerprint density at radius 1 is 1.03 bits per heavy atom. The molecule has 0 aliphatic heterocycles. The lowest BCUT2D eigenvalue weighted by Crippen LogP contribution is -2.11. The molecule has 0 bridgehead atoms. The lowest BCUT2D eigenvalue weighted by molar-refractivity contribution is 0.416. The fraction of sp³-hybridized carbons (Fsp3) is 0.100. The minimum Gasteiger partial charge on any atom is -0.496 e. The number of sulfone groups is 1. The molecule has 2 aromatic heterocycles. The number of nitrogens with two attached hydrogens (primary N) is 1. The van der Waals surface area contributed by atoms with Gasteiger partial charge in [0.1, 0.15) is 11.4 Å². The predicted octanol–water partition coefficient (Wildman–Crippen LogP) is 2.58. The third kappa shape index (κ3) is 3.25. The predicted molar refractivity (Wildman–Crippen MR) is 112 cm³/mol. The van der Waals surface area contributed by atoms with Crippen LogP contribution < -0.4 is 16.0 Å². The van der Waals surface area contributed by atoms with E-state index in [4.69, 9.17) is 10.5 Å². The first-order valence-electron chi connectivity index (χ1n) is 8.65. The number of fused-ring (bicyclic) bond motifs is 1. The van der Waals surface area contributed by atoms with E-state index in [1.165, 1.54) is 12.1 Å². The average molecular weight is 410 g/mol. The number of nitrogen functional groups attached to an aromatic ring is 1. The number of ether oxygens (including phenoxy) is 1. The normalized spacial score (nSPS) is 11.7. The first-order valence-corrected chi connectivity index (χ1v) is 10.5. The van der Waals surface area contributed by atoms with Crippen molar-refractivity contribution in [2.24, 2.45) is 0 Å². The summed E-state index contributed by atoms with van der Waals surface area (Å²) in [5.74, 6) is 0.577. The van der Waals surface area contributed by atoms with Gasteiger partial charge in [-0.15, -0.1) is 0 Å². The molecule has 4 aromatic rings. The summed E-state index contributed by atoms with van der Waals surface area (Å²) in [4.78, 5) is 22.8. The van der Waals surface area contributed by atoms with Crippen molar-refractivity contribution in [3.63, 3.8) is 0 Å². The number of aromatic nitrogens is 3. The van der Waals surface area contributed by atoms with Crippen LogP contribution in [0, 0.1) is 0 Å². The third-order valence-electron chi connectivity index (χ3n) is 4.63. The molecule has 0 spiro atoms. The summed E-state index contributed by atoms with van der Waals surface area (Å²) in [6.45, 7) is 0. The van der Waals surface area contributed by atoms with Crippen molar-refractivity contribution >= 4 is 26.8 Å². The molecule has 4 N–H and O–H groups in total. The number of para-hydroxylation sites is 1. The molecule has 0 amide bonds. The van der Waals surface area contributed by atoms with Gasteiger partial charge in [0, 0.05) is 17.4 Å². The molecule has 0 unspecified atom stereocenters. The largest absolute Gasteiger partial charge is 0.496 e. The second kappa shape index (κ2) is 6.78. The first kappa shape index (κ1) is 18.8. The highest BCUT2D eigenvalue weighted by Gasteiger charge is 2.22. The molecule has 9 heteroatoms. The fourth-order valence-electron chi connectivity index (χ4n) is 3.32. The second-order valence-electron chi connectivity index (χ2n) is 6.55. The van der Waals surface area contributed by atoms with Gasteiger partial charge >= 0.3 is 0 Å². The highest BCUT2D eigenvalue weighted by Crippen LogP contribution is 2.40. The van der Waals surface area contributed by atoms with Crippen LogP contribution in [0.1, 0.15) is 0 Å². The van der Waals surface area contributed by atoms with Crippen molar-refractivity contribution < 1.29 is 13.2 Å². The molecule has 0 radical (unpaired) electrons. The van der Waals surface area contributed by atoms with Crippen LogP contribution in [0.4, 0.5) is 5.95 Å². The molecule has 0 fully saturated rings. The average Bonchev–Trinajstić information content (AvgIpc) is 3.06. The van der Waals surface area contributed by atoms with E-state index in [-0.39, 0.29) is 16.4 Å². The van der Waals surface area contributed by atoms with E-state index in [0.29, 0.717) is 39.2 Å². The van der Waals surface area contributed by atoms with Crippen LogP contribution in [0.5, 0.6) is 5.75 Å². The molecule has 0 saturated heterocycles. The standard InChI is InChI=1S/C20H18N4O4S/c1-28-14-6-4-3-5-13(14)15-16-18(23-20(21)24-19(16)25)22-17(15)11-7-9-12(10-8-11)29(2,26)27/h3-10H,1-2H3,(H4,21,22,23,24,25). The summed E-state index contributed by atoms with van der Waals surface area (Å²) in [5.41, 5.74) is 8.23. The first-order chi connectivity index (χ1) is 13.8. The van der Waals surface area contributed by atoms with Crippen LogP contribution in [0.2, 0.25) is 0 Å². The number of nitrogens with zero attached hydrogens (tertiary/aromatic N) is 1. The molecule has 0 aliphatic rings. The van der Waals surface area contributed by atoms with Crippen LogP contribution >= 0.6 is 0 Å². The Bertz CT molecular complexity index is 1390. The number of hydrogen-bond acceptors (Lipinski definition) is 6. The van der Waals surface area contributed by atoms with Gasteiger partial charge in [-0.05, 0) is 23.8 Å². The molecule has 0 aliphatic carbocycles.